The van der Waals surface area contributed by atoms with Gasteiger partial charge in [-0.25, -0.2) is 0 Å². The molecule has 5 nitrogen and oxygen atoms in total. The smallest absolute Gasteiger partial charge is 0.267 e. The van der Waals surface area contributed by atoms with E-state index >= 15 is 0 Å². The summed E-state index contributed by atoms with van der Waals surface area (Å²) in [5, 5.41) is 4.11. The van der Waals surface area contributed by atoms with E-state index in [1.54, 1.807) is 6.07 Å². The molecule has 1 amide bonds. The summed E-state index contributed by atoms with van der Waals surface area (Å²) in [4.78, 5) is 20.0. The second-order valence-corrected chi connectivity index (χ2v) is 7.50. The van der Waals surface area contributed by atoms with E-state index < -0.39 is 0 Å². The molecular formula is C16H16N4OS2. The number of aliphatic imine (C=N–C) groups is 1. The van der Waals surface area contributed by atoms with Gasteiger partial charge in [-0.3, -0.25) is 9.79 Å². The normalized spacial score (nSPS) is 19.6. The van der Waals surface area contributed by atoms with E-state index in [1.165, 1.54) is 11.5 Å². The van der Waals surface area contributed by atoms with E-state index in [0.29, 0.717) is 4.88 Å². The SMILES string of the molecule is Cc1cc(C(=O)Nc2cccc(C3CN4CCSC4=N3)c2)sn1. The highest BCUT2D eigenvalue weighted by molar-refractivity contribution is 8.14. The Morgan fingerprint density at radius 3 is 3.09 bits per heavy atom. The fraction of sp³-hybridized carbons (Fsp3) is 0.312. The van der Waals surface area contributed by atoms with Crippen LogP contribution in [0, 0.1) is 6.92 Å². The van der Waals surface area contributed by atoms with Gasteiger partial charge in [-0.1, -0.05) is 23.9 Å². The molecule has 2 aromatic rings. The van der Waals surface area contributed by atoms with Crippen molar-refractivity contribution in [3.05, 3.63) is 46.5 Å². The Labute approximate surface area is 143 Å². The van der Waals surface area contributed by atoms with Gasteiger partial charge in [0.1, 0.15) is 4.88 Å². The molecule has 1 fully saturated rings. The number of nitrogens with zero attached hydrogens (tertiary/aromatic N) is 3. The monoisotopic (exact) mass is 344 g/mol. The van der Waals surface area contributed by atoms with E-state index in [2.05, 4.69) is 20.7 Å². The first kappa shape index (κ1) is 14.7. The quantitative estimate of drug-likeness (QED) is 0.929. The summed E-state index contributed by atoms with van der Waals surface area (Å²) in [5.74, 6) is 1.03. The zero-order valence-corrected chi connectivity index (χ0v) is 14.3. The van der Waals surface area contributed by atoms with Gasteiger partial charge >= 0.3 is 0 Å². The lowest BCUT2D eigenvalue weighted by molar-refractivity contribution is 0.103. The lowest BCUT2D eigenvalue weighted by Gasteiger charge is -2.13. The molecule has 0 spiro atoms. The Kier molecular flexibility index (Phi) is 3.82. The number of carbonyl (C=O) groups excluding carboxylic acids is 1. The number of hydrogen-bond acceptors (Lipinski definition) is 6. The van der Waals surface area contributed by atoms with Crippen molar-refractivity contribution in [2.75, 3.05) is 24.2 Å². The molecule has 23 heavy (non-hydrogen) atoms. The number of fused-ring (bicyclic) bond motifs is 1. The molecular weight excluding hydrogens is 328 g/mol. The van der Waals surface area contributed by atoms with Crippen molar-refractivity contribution in [3.8, 4) is 0 Å². The maximum Gasteiger partial charge on any atom is 0.267 e. The number of amides is 1. The van der Waals surface area contributed by atoms with Crippen molar-refractivity contribution < 1.29 is 4.79 Å². The molecule has 118 valence electrons. The molecule has 1 aromatic carbocycles. The van der Waals surface area contributed by atoms with Gasteiger partial charge in [0.25, 0.3) is 5.91 Å². The Morgan fingerprint density at radius 2 is 2.30 bits per heavy atom. The van der Waals surface area contributed by atoms with Gasteiger partial charge in [-0.2, -0.15) is 4.37 Å². The van der Waals surface area contributed by atoms with Gasteiger partial charge in [0.2, 0.25) is 0 Å². The van der Waals surface area contributed by atoms with Crippen LogP contribution in [-0.4, -0.2) is 39.2 Å². The fourth-order valence-corrected chi connectivity index (χ4v) is 4.47. The summed E-state index contributed by atoms with van der Waals surface area (Å²) in [7, 11) is 0. The molecule has 0 saturated carbocycles. The molecule has 3 heterocycles. The van der Waals surface area contributed by atoms with Crippen LogP contribution in [0.5, 0.6) is 0 Å². The summed E-state index contributed by atoms with van der Waals surface area (Å²) in [6, 6.07) is 9.95. The number of benzene rings is 1. The number of aromatic nitrogens is 1. The van der Waals surface area contributed by atoms with Gasteiger partial charge in [-0.05, 0) is 42.2 Å². The van der Waals surface area contributed by atoms with Crippen LogP contribution in [-0.2, 0) is 0 Å². The van der Waals surface area contributed by atoms with Gasteiger partial charge in [0, 0.05) is 24.5 Å². The van der Waals surface area contributed by atoms with Gasteiger partial charge in [0.15, 0.2) is 5.17 Å². The molecule has 1 atom stereocenters. The molecule has 4 rings (SSSR count). The van der Waals surface area contributed by atoms with Crippen LogP contribution in [0.2, 0.25) is 0 Å². The van der Waals surface area contributed by atoms with Crippen molar-refractivity contribution in [2.45, 2.75) is 13.0 Å². The van der Waals surface area contributed by atoms with Crippen molar-refractivity contribution in [3.63, 3.8) is 0 Å². The van der Waals surface area contributed by atoms with E-state index in [1.807, 2.05) is 36.9 Å². The number of carbonyl (C=O) groups is 1. The van der Waals surface area contributed by atoms with Crippen LogP contribution in [0.1, 0.15) is 27.0 Å². The standard InChI is InChI=1S/C16H16N4OS2/c1-10-7-14(23-19-10)15(21)17-12-4-2-3-11(8-12)13-9-20-5-6-22-16(20)18-13/h2-4,7-8,13H,5-6,9H2,1H3,(H,17,21). The molecule has 0 radical (unpaired) electrons. The van der Waals surface area contributed by atoms with Crippen LogP contribution in [0.25, 0.3) is 0 Å². The zero-order valence-electron chi connectivity index (χ0n) is 12.7. The third-order valence-corrected chi connectivity index (χ3v) is 5.79. The Morgan fingerprint density at radius 1 is 1.39 bits per heavy atom. The predicted molar refractivity (Wildman–Crippen MR) is 95.5 cm³/mol. The van der Waals surface area contributed by atoms with Crippen LogP contribution < -0.4 is 5.32 Å². The van der Waals surface area contributed by atoms with Crippen LogP contribution >= 0.6 is 23.3 Å². The minimum atomic E-state index is -0.110. The molecule has 2 aliphatic rings. The maximum absolute atomic E-state index is 12.2. The van der Waals surface area contributed by atoms with E-state index in [-0.39, 0.29) is 11.9 Å². The number of amidine groups is 1. The van der Waals surface area contributed by atoms with Crippen molar-refractivity contribution in [1.82, 2.24) is 9.27 Å². The average molecular weight is 344 g/mol. The van der Waals surface area contributed by atoms with Crippen LogP contribution in [0.3, 0.4) is 0 Å². The number of rotatable bonds is 3. The first-order valence-corrected chi connectivity index (χ1v) is 9.25. The third kappa shape index (κ3) is 2.98. The van der Waals surface area contributed by atoms with Gasteiger partial charge < -0.3 is 10.2 Å². The molecule has 2 aliphatic heterocycles. The number of nitrogens with one attached hydrogen (secondary N) is 1. The summed E-state index contributed by atoms with van der Waals surface area (Å²) in [6.45, 7) is 3.91. The molecule has 7 heteroatoms. The van der Waals surface area contributed by atoms with E-state index in [0.717, 1.165) is 41.0 Å². The highest BCUT2D eigenvalue weighted by Crippen LogP contribution is 2.33. The largest absolute Gasteiger partial charge is 0.348 e. The summed E-state index contributed by atoms with van der Waals surface area (Å²) in [6.07, 6.45) is 0. The van der Waals surface area contributed by atoms with E-state index in [9.17, 15) is 4.79 Å². The second kappa shape index (κ2) is 5.98. The molecule has 1 saturated heterocycles. The van der Waals surface area contributed by atoms with Gasteiger partial charge in [-0.15, -0.1) is 0 Å². The number of anilines is 1. The Bertz CT molecular complexity index is 786. The summed E-state index contributed by atoms with van der Waals surface area (Å²) in [5.41, 5.74) is 2.82. The summed E-state index contributed by atoms with van der Waals surface area (Å²) < 4.78 is 4.15. The first-order valence-electron chi connectivity index (χ1n) is 7.49. The topological polar surface area (TPSA) is 57.6 Å². The van der Waals surface area contributed by atoms with Crippen LogP contribution in [0.4, 0.5) is 5.69 Å². The second-order valence-electron chi connectivity index (χ2n) is 5.63. The van der Waals surface area contributed by atoms with E-state index in [4.69, 9.17) is 4.99 Å². The number of aryl methyl sites for hydroxylation is 1. The first-order chi connectivity index (χ1) is 11.2. The Balaban J connectivity index is 1.51. The Hall–Kier alpha value is -1.86. The highest BCUT2D eigenvalue weighted by atomic mass is 32.2. The molecule has 1 unspecified atom stereocenters. The number of hydrogen-bond donors (Lipinski definition) is 1. The molecule has 1 aromatic heterocycles. The lowest BCUT2D eigenvalue weighted by Crippen LogP contribution is -2.21. The minimum absolute atomic E-state index is 0.110. The van der Waals surface area contributed by atoms with Gasteiger partial charge in [0.05, 0.1) is 11.7 Å². The predicted octanol–water partition coefficient (Wildman–Crippen LogP) is 3.16. The van der Waals surface area contributed by atoms with Crippen molar-refractivity contribution >= 4 is 40.1 Å². The third-order valence-electron chi connectivity index (χ3n) is 3.90. The zero-order chi connectivity index (χ0) is 15.8. The number of thioether (sulfide) groups is 1. The fourth-order valence-electron chi connectivity index (χ4n) is 2.77. The molecule has 0 aliphatic carbocycles. The molecule has 0 bridgehead atoms. The summed E-state index contributed by atoms with van der Waals surface area (Å²) >= 11 is 3.05. The minimum Gasteiger partial charge on any atom is -0.348 e. The highest BCUT2D eigenvalue weighted by Gasteiger charge is 2.30. The van der Waals surface area contributed by atoms with Crippen LogP contribution in [0.15, 0.2) is 35.3 Å². The molecule has 1 N–H and O–H groups in total. The van der Waals surface area contributed by atoms with Crippen molar-refractivity contribution in [2.24, 2.45) is 4.99 Å². The average Bonchev–Trinajstić information content (AvgIpc) is 3.22. The maximum atomic E-state index is 12.2. The van der Waals surface area contributed by atoms with Crippen molar-refractivity contribution in [1.29, 1.82) is 0 Å². The lowest BCUT2D eigenvalue weighted by atomic mass is 10.1.